The van der Waals surface area contributed by atoms with E-state index in [-0.39, 0.29) is 0 Å². The lowest BCUT2D eigenvalue weighted by Crippen LogP contribution is -2.43. The van der Waals surface area contributed by atoms with E-state index in [1.807, 2.05) is 11.3 Å². The maximum atomic E-state index is 3.81. The average molecular weight is 330 g/mol. The lowest BCUT2D eigenvalue weighted by molar-refractivity contribution is 0.478. The second-order valence-electron chi connectivity index (χ2n) is 5.60. The van der Waals surface area contributed by atoms with Crippen molar-refractivity contribution >= 4 is 34.9 Å². The summed E-state index contributed by atoms with van der Waals surface area (Å²) in [6.45, 7) is 8.18. The molecule has 1 aromatic heterocycles. The van der Waals surface area contributed by atoms with Crippen molar-refractivity contribution in [1.29, 1.82) is 0 Å². The Morgan fingerprint density at radius 1 is 1.35 bits per heavy atom. The predicted octanol–water partition coefficient (Wildman–Crippen LogP) is 4.67. The fraction of sp³-hybridized carbons (Fsp3) is 0.750. The van der Waals surface area contributed by atoms with E-state index >= 15 is 0 Å². The van der Waals surface area contributed by atoms with Crippen LogP contribution in [0.5, 0.6) is 0 Å². The maximum absolute atomic E-state index is 3.81. The van der Waals surface area contributed by atoms with E-state index < -0.39 is 0 Å². The third kappa shape index (κ3) is 4.97. The van der Waals surface area contributed by atoms with Gasteiger partial charge in [-0.1, -0.05) is 26.8 Å². The zero-order valence-electron chi connectivity index (χ0n) is 12.8. The highest BCUT2D eigenvalue weighted by molar-refractivity contribution is 8.07. The zero-order valence-corrected chi connectivity index (χ0v) is 15.3. The molecule has 4 unspecified atom stereocenters. The molecule has 2 rings (SSSR count). The molecule has 0 aromatic carbocycles. The Labute approximate surface area is 136 Å². The van der Waals surface area contributed by atoms with Crippen molar-refractivity contribution in [2.75, 3.05) is 12.3 Å². The van der Waals surface area contributed by atoms with Gasteiger partial charge in [-0.2, -0.15) is 23.5 Å². The van der Waals surface area contributed by atoms with Gasteiger partial charge in [0.05, 0.1) is 0 Å². The minimum Gasteiger partial charge on any atom is -0.313 e. The highest BCUT2D eigenvalue weighted by Gasteiger charge is 2.30. The number of hydrogen-bond donors (Lipinski definition) is 1. The molecule has 2 heterocycles. The van der Waals surface area contributed by atoms with Crippen LogP contribution in [0.1, 0.15) is 38.5 Å². The van der Waals surface area contributed by atoms with Gasteiger partial charge in [0, 0.05) is 32.4 Å². The molecule has 20 heavy (non-hydrogen) atoms. The molecule has 0 amide bonds. The lowest BCUT2D eigenvalue weighted by atomic mass is 10.1. The summed E-state index contributed by atoms with van der Waals surface area (Å²) < 4.78 is 0. The van der Waals surface area contributed by atoms with Gasteiger partial charge in [-0.15, -0.1) is 11.3 Å². The number of hydrogen-bond acceptors (Lipinski definition) is 4. The summed E-state index contributed by atoms with van der Waals surface area (Å²) in [4.78, 5) is 1.53. The Morgan fingerprint density at radius 3 is 2.85 bits per heavy atom. The SMILES string of the molecule is CCCNC(CCc1cccs1)C1CSC(C)C(C)S1. The summed E-state index contributed by atoms with van der Waals surface area (Å²) in [7, 11) is 0. The number of aryl methyl sites for hydroxylation is 1. The van der Waals surface area contributed by atoms with Gasteiger partial charge in [-0.05, 0) is 37.3 Å². The van der Waals surface area contributed by atoms with Crippen molar-refractivity contribution in [3.8, 4) is 0 Å². The minimum absolute atomic E-state index is 0.671. The van der Waals surface area contributed by atoms with Crippen LogP contribution in [-0.4, -0.2) is 34.1 Å². The molecule has 1 aromatic rings. The molecule has 1 aliphatic rings. The van der Waals surface area contributed by atoms with Crippen molar-refractivity contribution in [3.05, 3.63) is 22.4 Å². The quantitative estimate of drug-likeness (QED) is 0.780. The molecule has 0 spiro atoms. The number of nitrogens with one attached hydrogen (secondary N) is 1. The van der Waals surface area contributed by atoms with E-state index in [4.69, 9.17) is 0 Å². The molecule has 0 bridgehead atoms. The maximum Gasteiger partial charge on any atom is 0.0295 e. The summed E-state index contributed by atoms with van der Waals surface area (Å²) in [6, 6.07) is 5.11. The molecule has 0 aliphatic carbocycles. The van der Waals surface area contributed by atoms with Crippen molar-refractivity contribution in [2.24, 2.45) is 0 Å². The lowest BCUT2D eigenvalue weighted by Gasteiger charge is -2.36. The fourth-order valence-electron chi connectivity index (χ4n) is 2.52. The monoisotopic (exact) mass is 329 g/mol. The summed E-state index contributed by atoms with van der Waals surface area (Å²) in [5.41, 5.74) is 0. The Morgan fingerprint density at radius 2 is 2.20 bits per heavy atom. The van der Waals surface area contributed by atoms with Crippen LogP contribution in [0.4, 0.5) is 0 Å². The molecule has 1 aliphatic heterocycles. The van der Waals surface area contributed by atoms with Crippen LogP contribution in [0.25, 0.3) is 0 Å². The van der Waals surface area contributed by atoms with Gasteiger partial charge in [0.25, 0.3) is 0 Å². The van der Waals surface area contributed by atoms with E-state index in [0.29, 0.717) is 6.04 Å². The van der Waals surface area contributed by atoms with Crippen molar-refractivity contribution < 1.29 is 0 Å². The standard InChI is InChI=1S/C16H27NS3/c1-4-9-17-15(8-7-14-6-5-10-18-14)16-11-19-12(2)13(3)20-16/h5-6,10,12-13,15-17H,4,7-9,11H2,1-3H3. The number of thiophene rings is 1. The summed E-state index contributed by atoms with van der Waals surface area (Å²) in [5, 5.41) is 8.37. The Balaban J connectivity index is 1.88. The van der Waals surface area contributed by atoms with Crippen LogP contribution in [0.3, 0.4) is 0 Å². The number of thioether (sulfide) groups is 2. The smallest absolute Gasteiger partial charge is 0.0295 e. The molecule has 114 valence electrons. The third-order valence-corrected chi connectivity index (χ3v) is 8.45. The first kappa shape index (κ1) is 16.7. The molecule has 4 atom stereocenters. The largest absolute Gasteiger partial charge is 0.313 e. The predicted molar refractivity (Wildman–Crippen MR) is 97.5 cm³/mol. The molecule has 0 saturated carbocycles. The van der Waals surface area contributed by atoms with Crippen LogP contribution in [0.2, 0.25) is 0 Å². The van der Waals surface area contributed by atoms with Crippen molar-refractivity contribution in [3.63, 3.8) is 0 Å². The van der Waals surface area contributed by atoms with Crippen molar-refractivity contribution in [1.82, 2.24) is 5.32 Å². The highest BCUT2D eigenvalue weighted by atomic mass is 32.2. The van der Waals surface area contributed by atoms with E-state index in [9.17, 15) is 0 Å². The fourth-order valence-corrected chi connectivity index (χ4v) is 6.41. The number of rotatable bonds is 7. The summed E-state index contributed by atoms with van der Waals surface area (Å²) in [5.74, 6) is 1.31. The highest BCUT2D eigenvalue weighted by Crippen LogP contribution is 2.37. The normalized spacial score (nSPS) is 28.4. The van der Waals surface area contributed by atoms with Crippen LogP contribution in [0, 0.1) is 0 Å². The van der Waals surface area contributed by atoms with Gasteiger partial charge in [0.15, 0.2) is 0 Å². The Bertz CT molecular complexity index is 366. The Hall–Kier alpha value is 0.360. The first-order valence-electron chi connectivity index (χ1n) is 7.73. The van der Waals surface area contributed by atoms with Crippen molar-refractivity contribution in [2.45, 2.75) is 61.8 Å². The van der Waals surface area contributed by atoms with Gasteiger partial charge >= 0.3 is 0 Å². The molecule has 1 N–H and O–H groups in total. The molecular weight excluding hydrogens is 302 g/mol. The van der Waals surface area contributed by atoms with Crippen LogP contribution in [0.15, 0.2) is 17.5 Å². The van der Waals surface area contributed by atoms with Gasteiger partial charge in [-0.25, -0.2) is 0 Å². The molecule has 1 fully saturated rings. The first-order valence-corrected chi connectivity index (χ1v) is 10.6. The second-order valence-corrected chi connectivity index (χ2v) is 9.66. The zero-order chi connectivity index (χ0) is 14.4. The molecule has 1 saturated heterocycles. The molecule has 1 nitrogen and oxygen atoms in total. The minimum atomic E-state index is 0.671. The summed E-state index contributed by atoms with van der Waals surface area (Å²) >= 11 is 6.27. The first-order chi connectivity index (χ1) is 9.70. The Kier molecular flexibility index (Phi) is 7.29. The third-order valence-electron chi connectivity index (χ3n) is 3.96. The van der Waals surface area contributed by atoms with Crippen LogP contribution >= 0.6 is 34.9 Å². The molecule has 0 radical (unpaired) electrons. The van der Waals surface area contributed by atoms with E-state index in [2.05, 4.69) is 67.1 Å². The topological polar surface area (TPSA) is 12.0 Å². The van der Waals surface area contributed by atoms with Gasteiger partial charge in [0.1, 0.15) is 0 Å². The molecule has 4 heteroatoms. The van der Waals surface area contributed by atoms with E-state index in [0.717, 1.165) is 22.3 Å². The summed E-state index contributed by atoms with van der Waals surface area (Å²) in [6.07, 6.45) is 3.73. The van der Waals surface area contributed by atoms with Crippen LogP contribution < -0.4 is 5.32 Å². The second kappa shape index (κ2) is 8.72. The van der Waals surface area contributed by atoms with E-state index in [1.54, 1.807) is 0 Å². The van der Waals surface area contributed by atoms with Gasteiger partial charge < -0.3 is 5.32 Å². The van der Waals surface area contributed by atoms with Crippen LogP contribution in [-0.2, 0) is 6.42 Å². The van der Waals surface area contributed by atoms with Gasteiger partial charge in [-0.3, -0.25) is 0 Å². The van der Waals surface area contributed by atoms with Gasteiger partial charge in [0.2, 0.25) is 0 Å². The van der Waals surface area contributed by atoms with E-state index in [1.165, 1.54) is 29.9 Å². The molecular formula is C16H27NS3. The average Bonchev–Trinajstić information content (AvgIpc) is 2.95.